The molecule has 0 spiro atoms. The monoisotopic (exact) mass is 494 g/mol. The molecule has 8 heteroatoms. The summed E-state index contributed by atoms with van der Waals surface area (Å²) in [6, 6.07) is 9.78. The molecule has 0 atom stereocenters. The number of hydrogen-bond donors (Lipinski definition) is 1. The smallest absolute Gasteiger partial charge is 0.234 e. The van der Waals surface area contributed by atoms with E-state index in [-0.39, 0.29) is 11.7 Å². The van der Waals surface area contributed by atoms with E-state index in [4.69, 9.17) is 4.42 Å². The lowest BCUT2D eigenvalue weighted by Gasteiger charge is -2.10. The first-order valence-electron chi connectivity index (χ1n) is 8.74. The molecule has 4 rings (SSSR count). The van der Waals surface area contributed by atoms with Gasteiger partial charge in [-0.05, 0) is 78.3 Å². The SMILES string of the molecule is Cc1cc(I)ccc1NC(=O)CSc1nnc(C2CC2)n1Cc1ccco1. The molecule has 1 fully saturated rings. The van der Waals surface area contributed by atoms with E-state index >= 15 is 0 Å². The Hall–Kier alpha value is -1.81. The summed E-state index contributed by atoms with van der Waals surface area (Å²) in [5.41, 5.74) is 1.90. The van der Waals surface area contributed by atoms with Crippen molar-refractivity contribution in [1.29, 1.82) is 0 Å². The van der Waals surface area contributed by atoms with E-state index in [2.05, 4.69) is 42.7 Å². The van der Waals surface area contributed by atoms with Crippen molar-refractivity contribution < 1.29 is 9.21 Å². The van der Waals surface area contributed by atoms with Gasteiger partial charge in [0.1, 0.15) is 11.6 Å². The van der Waals surface area contributed by atoms with Crippen molar-refractivity contribution in [1.82, 2.24) is 14.8 Å². The molecule has 0 radical (unpaired) electrons. The number of anilines is 1. The summed E-state index contributed by atoms with van der Waals surface area (Å²) >= 11 is 3.67. The van der Waals surface area contributed by atoms with Gasteiger partial charge in [0.05, 0.1) is 18.6 Å². The summed E-state index contributed by atoms with van der Waals surface area (Å²) in [6.45, 7) is 2.58. The lowest BCUT2D eigenvalue weighted by molar-refractivity contribution is -0.113. The molecule has 0 aliphatic heterocycles. The summed E-state index contributed by atoms with van der Waals surface area (Å²) in [7, 11) is 0. The second-order valence-corrected chi connectivity index (χ2v) is 8.76. The summed E-state index contributed by atoms with van der Waals surface area (Å²) in [5.74, 6) is 2.56. The highest BCUT2D eigenvalue weighted by molar-refractivity contribution is 14.1. The summed E-state index contributed by atoms with van der Waals surface area (Å²) in [4.78, 5) is 12.4. The molecule has 2 aromatic heterocycles. The average molecular weight is 494 g/mol. The first-order valence-corrected chi connectivity index (χ1v) is 10.8. The highest BCUT2D eigenvalue weighted by atomic mass is 127. The Morgan fingerprint density at radius 3 is 2.93 bits per heavy atom. The van der Waals surface area contributed by atoms with Crippen molar-refractivity contribution in [3.05, 3.63) is 57.3 Å². The van der Waals surface area contributed by atoms with E-state index in [1.165, 1.54) is 11.8 Å². The third-order valence-electron chi connectivity index (χ3n) is 4.38. The van der Waals surface area contributed by atoms with Crippen LogP contribution in [0.1, 0.15) is 35.9 Å². The van der Waals surface area contributed by atoms with E-state index in [1.54, 1.807) is 6.26 Å². The van der Waals surface area contributed by atoms with Crippen LogP contribution in [0.3, 0.4) is 0 Å². The first kappa shape index (κ1) is 18.5. The fourth-order valence-corrected chi connectivity index (χ4v) is 4.23. The van der Waals surface area contributed by atoms with Crippen LogP contribution in [-0.2, 0) is 11.3 Å². The van der Waals surface area contributed by atoms with Gasteiger partial charge < -0.3 is 9.73 Å². The Bertz CT molecular complexity index is 951. The van der Waals surface area contributed by atoms with Crippen LogP contribution in [0.4, 0.5) is 5.69 Å². The second kappa shape index (κ2) is 8.05. The van der Waals surface area contributed by atoms with Crippen LogP contribution in [-0.4, -0.2) is 26.4 Å². The third kappa shape index (κ3) is 4.55. The largest absolute Gasteiger partial charge is 0.467 e. The Labute approximate surface area is 175 Å². The number of furan rings is 1. The van der Waals surface area contributed by atoms with Crippen LogP contribution in [0.25, 0.3) is 0 Å². The number of nitrogens with zero attached hydrogens (tertiary/aromatic N) is 3. The zero-order valence-corrected chi connectivity index (χ0v) is 17.8. The number of hydrogen-bond acceptors (Lipinski definition) is 5. The molecule has 1 aromatic carbocycles. The van der Waals surface area contributed by atoms with Gasteiger partial charge in [0.15, 0.2) is 5.16 Å². The number of carbonyl (C=O) groups excluding carboxylic acids is 1. The van der Waals surface area contributed by atoms with Crippen molar-refractivity contribution in [3.63, 3.8) is 0 Å². The summed E-state index contributed by atoms with van der Waals surface area (Å²) < 4.78 is 8.70. The van der Waals surface area contributed by atoms with Crippen LogP contribution in [0.2, 0.25) is 0 Å². The highest BCUT2D eigenvalue weighted by Crippen LogP contribution is 2.40. The third-order valence-corrected chi connectivity index (χ3v) is 6.01. The summed E-state index contributed by atoms with van der Waals surface area (Å²) in [5, 5.41) is 12.4. The molecule has 140 valence electrons. The van der Waals surface area contributed by atoms with Crippen molar-refractivity contribution in [3.8, 4) is 0 Å². The predicted octanol–water partition coefficient (Wildman–Crippen LogP) is 4.44. The molecule has 1 N–H and O–H groups in total. The number of benzene rings is 1. The van der Waals surface area contributed by atoms with Gasteiger partial charge in [0.25, 0.3) is 0 Å². The molecule has 0 bridgehead atoms. The van der Waals surface area contributed by atoms with Gasteiger partial charge in [-0.1, -0.05) is 11.8 Å². The highest BCUT2D eigenvalue weighted by Gasteiger charge is 2.30. The maximum absolute atomic E-state index is 12.4. The van der Waals surface area contributed by atoms with Gasteiger partial charge >= 0.3 is 0 Å². The quantitative estimate of drug-likeness (QED) is 0.389. The molecule has 2 heterocycles. The maximum Gasteiger partial charge on any atom is 0.234 e. The van der Waals surface area contributed by atoms with Crippen LogP contribution in [0.5, 0.6) is 0 Å². The first-order chi connectivity index (χ1) is 13.1. The standard InChI is InChI=1S/C19H19IN4O2S/c1-12-9-14(20)6-7-16(12)21-17(25)11-27-19-23-22-18(13-4-5-13)24(19)10-15-3-2-8-26-15/h2-3,6-9,13H,4-5,10-11H2,1H3,(H,21,25). The van der Waals surface area contributed by atoms with Gasteiger partial charge in [-0.15, -0.1) is 10.2 Å². The molecule has 1 amide bonds. The van der Waals surface area contributed by atoms with Gasteiger partial charge in [-0.3, -0.25) is 9.36 Å². The second-order valence-electron chi connectivity index (χ2n) is 6.58. The molecule has 1 saturated carbocycles. The molecule has 1 aliphatic rings. The van der Waals surface area contributed by atoms with E-state index < -0.39 is 0 Å². The predicted molar refractivity (Wildman–Crippen MR) is 113 cm³/mol. The number of amides is 1. The Morgan fingerprint density at radius 1 is 1.37 bits per heavy atom. The molecule has 27 heavy (non-hydrogen) atoms. The van der Waals surface area contributed by atoms with Crippen molar-refractivity contribution in [2.45, 2.75) is 37.4 Å². The van der Waals surface area contributed by atoms with Gasteiger partial charge in [-0.2, -0.15) is 0 Å². The Kier molecular flexibility index (Phi) is 5.53. The zero-order chi connectivity index (χ0) is 18.8. The lowest BCUT2D eigenvalue weighted by Crippen LogP contribution is -2.15. The maximum atomic E-state index is 12.4. The number of nitrogens with one attached hydrogen (secondary N) is 1. The lowest BCUT2D eigenvalue weighted by atomic mass is 10.2. The number of aromatic nitrogens is 3. The van der Waals surface area contributed by atoms with E-state index in [0.29, 0.717) is 12.5 Å². The molecule has 0 saturated heterocycles. The van der Waals surface area contributed by atoms with Crippen molar-refractivity contribution in [2.24, 2.45) is 0 Å². The van der Waals surface area contributed by atoms with E-state index in [1.807, 2.05) is 37.3 Å². The van der Waals surface area contributed by atoms with Crippen LogP contribution in [0, 0.1) is 10.5 Å². The number of carbonyl (C=O) groups is 1. The normalized spacial score (nSPS) is 13.7. The topological polar surface area (TPSA) is 73.0 Å². The number of thioether (sulfide) groups is 1. The Morgan fingerprint density at radius 2 is 2.22 bits per heavy atom. The number of rotatable bonds is 7. The molecular weight excluding hydrogens is 475 g/mol. The van der Waals surface area contributed by atoms with Crippen LogP contribution in [0.15, 0.2) is 46.2 Å². The fraction of sp³-hybridized carbons (Fsp3) is 0.316. The number of aryl methyl sites for hydroxylation is 1. The molecular formula is C19H19IN4O2S. The fourth-order valence-electron chi connectivity index (χ4n) is 2.84. The minimum Gasteiger partial charge on any atom is -0.467 e. The van der Waals surface area contributed by atoms with Crippen molar-refractivity contribution in [2.75, 3.05) is 11.1 Å². The van der Waals surface area contributed by atoms with Gasteiger partial charge in [-0.25, -0.2) is 0 Å². The molecule has 6 nitrogen and oxygen atoms in total. The Balaban J connectivity index is 1.43. The minimum absolute atomic E-state index is 0.0511. The van der Waals surface area contributed by atoms with E-state index in [0.717, 1.165) is 44.4 Å². The minimum atomic E-state index is -0.0511. The van der Waals surface area contributed by atoms with Gasteiger partial charge in [0, 0.05) is 15.2 Å². The van der Waals surface area contributed by atoms with Crippen molar-refractivity contribution >= 4 is 45.9 Å². The van der Waals surface area contributed by atoms with Gasteiger partial charge in [0.2, 0.25) is 5.91 Å². The molecule has 0 unspecified atom stereocenters. The zero-order valence-electron chi connectivity index (χ0n) is 14.8. The molecule has 3 aromatic rings. The summed E-state index contributed by atoms with van der Waals surface area (Å²) in [6.07, 6.45) is 3.96. The number of halogens is 1. The average Bonchev–Trinajstić information content (AvgIpc) is 3.20. The van der Waals surface area contributed by atoms with Crippen LogP contribution >= 0.6 is 34.4 Å². The van der Waals surface area contributed by atoms with Crippen LogP contribution < -0.4 is 5.32 Å². The molecule has 1 aliphatic carbocycles. The van der Waals surface area contributed by atoms with E-state index in [9.17, 15) is 4.79 Å².